The number of nitrogens with zero attached hydrogens (tertiary/aromatic N) is 1. The molecule has 1 aliphatic heterocycles. The number of carbonyl (C=O) groups excluding carboxylic acids is 3. The molecular formula is C18H30N2O7. The third-order valence-electron chi connectivity index (χ3n) is 3.57. The second-order valence-corrected chi connectivity index (χ2v) is 7.61. The second kappa shape index (κ2) is 9.57. The van der Waals surface area contributed by atoms with Gasteiger partial charge in [0.1, 0.15) is 12.2 Å². The van der Waals surface area contributed by atoms with Gasteiger partial charge in [-0.15, -0.1) is 0 Å². The summed E-state index contributed by atoms with van der Waals surface area (Å²) in [5.41, 5.74) is -1.38. The molecule has 9 heteroatoms. The van der Waals surface area contributed by atoms with E-state index >= 15 is 0 Å². The first kappa shape index (κ1) is 22.7. The molecule has 0 fully saturated rings. The lowest BCUT2D eigenvalue weighted by Gasteiger charge is -2.23. The summed E-state index contributed by atoms with van der Waals surface area (Å²) >= 11 is 0. The Kier molecular flexibility index (Phi) is 8.05. The third-order valence-corrected chi connectivity index (χ3v) is 3.57. The van der Waals surface area contributed by atoms with E-state index in [-0.39, 0.29) is 25.6 Å². The predicted octanol–water partition coefficient (Wildman–Crippen LogP) is 2.18. The summed E-state index contributed by atoms with van der Waals surface area (Å²) in [7, 11) is 0. The number of carbonyl (C=O) groups is 3. The Morgan fingerprint density at radius 3 is 2.52 bits per heavy atom. The molecule has 1 heterocycles. The minimum absolute atomic E-state index is 0.0339. The molecule has 1 amide bonds. The molecule has 2 unspecified atom stereocenters. The fourth-order valence-corrected chi connectivity index (χ4v) is 2.43. The number of rotatable bonds is 8. The van der Waals surface area contributed by atoms with Crippen LogP contribution in [0.2, 0.25) is 0 Å². The zero-order valence-corrected chi connectivity index (χ0v) is 16.9. The van der Waals surface area contributed by atoms with E-state index in [4.69, 9.17) is 19.0 Å². The van der Waals surface area contributed by atoms with Gasteiger partial charge < -0.3 is 24.4 Å². The number of amides is 1. The van der Waals surface area contributed by atoms with E-state index in [0.29, 0.717) is 18.7 Å². The third kappa shape index (κ3) is 7.84. The Bertz CT molecular complexity index is 583. The van der Waals surface area contributed by atoms with Crippen LogP contribution in [-0.4, -0.2) is 54.7 Å². The Labute approximate surface area is 159 Å². The largest absolute Gasteiger partial charge is 0.463 e. The fourth-order valence-electron chi connectivity index (χ4n) is 2.43. The molecule has 0 spiro atoms. The van der Waals surface area contributed by atoms with Crippen LogP contribution in [0.5, 0.6) is 0 Å². The maximum Gasteiger partial charge on any atom is 0.407 e. The molecule has 0 saturated heterocycles. The average Bonchev–Trinajstić information content (AvgIpc) is 2.94. The van der Waals surface area contributed by atoms with E-state index in [1.807, 2.05) is 6.92 Å². The summed E-state index contributed by atoms with van der Waals surface area (Å²) in [5.74, 6) is -1.11. The van der Waals surface area contributed by atoms with Gasteiger partial charge in [0.25, 0.3) is 5.60 Å². The van der Waals surface area contributed by atoms with Crippen LogP contribution in [-0.2, 0) is 28.6 Å². The number of alkyl carbamates (subject to hydrolysis) is 1. The number of hydrogen-bond donors (Lipinski definition) is 1. The first-order valence-corrected chi connectivity index (χ1v) is 8.99. The number of nitrogens with one attached hydrogen (secondary N) is 1. The molecule has 1 N–H and O–H groups in total. The van der Waals surface area contributed by atoms with Crippen molar-refractivity contribution in [3.05, 3.63) is 0 Å². The SMILES string of the molecule is CCOC(=O)C1(COC(C)=O)CC(CC(C)CNC(=O)OC(C)(C)C)=NO1. The molecule has 2 atom stereocenters. The van der Waals surface area contributed by atoms with Gasteiger partial charge in [0.05, 0.1) is 12.3 Å². The van der Waals surface area contributed by atoms with Crippen molar-refractivity contribution < 1.29 is 33.4 Å². The average molecular weight is 386 g/mol. The van der Waals surface area contributed by atoms with Gasteiger partial charge in [0.15, 0.2) is 0 Å². The van der Waals surface area contributed by atoms with Gasteiger partial charge in [0, 0.05) is 19.9 Å². The summed E-state index contributed by atoms with van der Waals surface area (Å²) in [4.78, 5) is 40.4. The van der Waals surface area contributed by atoms with Gasteiger partial charge in [0.2, 0.25) is 0 Å². The zero-order valence-electron chi connectivity index (χ0n) is 16.9. The standard InChI is InChI=1S/C18H30N2O7/c1-7-24-15(22)18(11-25-13(3)21)9-14(20-27-18)8-12(2)10-19-16(23)26-17(4,5)6/h12H,7-11H2,1-6H3,(H,19,23). The Morgan fingerprint density at radius 1 is 1.30 bits per heavy atom. The van der Waals surface area contributed by atoms with Crippen molar-refractivity contribution in [3.8, 4) is 0 Å². The molecule has 0 aromatic heterocycles. The number of oxime groups is 1. The van der Waals surface area contributed by atoms with Crippen LogP contribution >= 0.6 is 0 Å². The van der Waals surface area contributed by atoms with Crippen LogP contribution < -0.4 is 5.32 Å². The Balaban J connectivity index is 2.57. The summed E-state index contributed by atoms with van der Waals surface area (Å²) in [6, 6.07) is 0. The minimum atomic E-state index is -1.45. The maximum absolute atomic E-state index is 12.3. The van der Waals surface area contributed by atoms with Crippen molar-refractivity contribution in [3.63, 3.8) is 0 Å². The second-order valence-electron chi connectivity index (χ2n) is 7.61. The van der Waals surface area contributed by atoms with Crippen LogP contribution in [0.25, 0.3) is 0 Å². The molecule has 1 aliphatic rings. The molecule has 9 nitrogen and oxygen atoms in total. The van der Waals surface area contributed by atoms with E-state index < -0.39 is 29.2 Å². The van der Waals surface area contributed by atoms with Gasteiger partial charge in [-0.05, 0) is 40.0 Å². The first-order valence-electron chi connectivity index (χ1n) is 8.99. The molecule has 0 bridgehead atoms. The highest BCUT2D eigenvalue weighted by Crippen LogP contribution is 2.29. The number of esters is 2. The normalized spacial score (nSPS) is 20.1. The van der Waals surface area contributed by atoms with Crippen molar-refractivity contribution in [1.82, 2.24) is 5.32 Å². The molecule has 0 radical (unpaired) electrons. The zero-order chi connectivity index (χ0) is 20.7. The summed E-state index contributed by atoms with van der Waals surface area (Å²) in [6.07, 6.45) is 0.169. The molecule has 27 heavy (non-hydrogen) atoms. The van der Waals surface area contributed by atoms with E-state index in [1.165, 1.54) is 6.92 Å². The van der Waals surface area contributed by atoms with Crippen molar-refractivity contribution in [2.45, 2.75) is 65.6 Å². The molecule has 0 aromatic carbocycles. The molecule has 0 aliphatic carbocycles. The lowest BCUT2D eigenvalue weighted by molar-refractivity contribution is -0.179. The Morgan fingerprint density at radius 2 is 1.96 bits per heavy atom. The van der Waals surface area contributed by atoms with Gasteiger partial charge in [-0.3, -0.25) is 4.79 Å². The van der Waals surface area contributed by atoms with E-state index in [1.54, 1.807) is 27.7 Å². The van der Waals surface area contributed by atoms with Crippen molar-refractivity contribution in [2.75, 3.05) is 19.8 Å². The topological polar surface area (TPSA) is 113 Å². The maximum atomic E-state index is 12.3. The lowest BCUT2D eigenvalue weighted by Crippen LogP contribution is -2.45. The lowest BCUT2D eigenvalue weighted by atomic mass is 9.93. The van der Waals surface area contributed by atoms with Crippen LogP contribution in [0.4, 0.5) is 4.79 Å². The molecule has 1 rings (SSSR count). The van der Waals surface area contributed by atoms with Crippen molar-refractivity contribution >= 4 is 23.7 Å². The highest BCUT2D eigenvalue weighted by molar-refractivity contribution is 5.94. The number of ether oxygens (including phenoxy) is 3. The van der Waals surface area contributed by atoms with Gasteiger partial charge in [-0.1, -0.05) is 12.1 Å². The monoisotopic (exact) mass is 386 g/mol. The van der Waals surface area contributed by atoms with Crippen LogP contribution in [0.3, 0.4) is 0 Å². The van der Waals surface area contributed by atoms with E-state index in [2.05, 4.69) is 10.5 Å². The molecule has 0 saturated carbocycles. The quantitative estimate of drug-likeness (QED) is 0.502. The van der Waals surface area contributed by atoms with Crippen molar-refractivity contribution in [1.29, 1.82) is 0 Å². The van der Waals surface area contributed by atoms with E-state index in [9.17, 15) is 14.4 Å². The Hall–Kier alpha value is -2.32. The predicted molar refractivity (Wildman–Crippen MR) is 97.2 cm³/mol. The van der Waals surface area contributed by atoms with E-state index in [0.717, 1.165) is 0 Å². The summed E-state index contributed by atoms with van der Waals surface area (Å²) < 4.78 is 15.2. The van der Waals surface area contributed by atoms with Gasteiger partial charge >= 0.3 is 18.0 Å². The summed E-state index contributed by atoms with van der Waals surface area (Å²) in [6.45, 7) is 10.5. The van der Waals surface area contributed by atoms with Gasteiger partial charge in [-0.25, -0.2) is 9.59 Å². The highest BCUT2D eigenvalue weighted by Gasteiger charge is 2.49. The number of hydrogen-bond acceptors (Lipinski definition) is 8. The minimum Gasteiger partial charge on any atom is -0.463 e. The smallest absolute Gasteiger partial charge is 0.407 e. The van der Waals surface area contributed by atoms with Crippen LogP contribution in [0.15, 0.2) is 5.16 Å². The first-order chi connectivity index (χ1) is 12.5. The highest BCUT2D eigenvalue weighted by atomic mass is 16.7. The van der Waals surface area contributed by atoms with Crippen molar-refractivity contribution in [2.24, 2.45) is 11.1 Å². The molecule has 0 aromatic rings. The van der Waals surface area contributed by atoms with Crippen LogP contribution in [0.1, 0.15) is 54.4 Å². The summed E-state index contributed by atoms with van der Waals surface area (Å²) in [5, 5.41) is 6.68. The van der Waals surface area contributed by atoms with Gasteiger partial charge in [-0.2, -0.15) is 0 Å². The molecule has 154 valence electrons. The van der Waals surface area contributed by atoms with Crippen LogP contribution in [0, 0.1) is 5.92 Å². The fraction of sp³-hybridized carbons (Fsp3) is 0.778. The molecular weight excluding hydrogens is 356 g/mol.